The lowest BCUT2D eigenvalue weighted by atomic mass is 9.93. The molecular formula is C48H55BF2N4O4S. The third-order valence-corrected chi connectivity index (χ3v) is 11.3. The monoisotopic (exact) mass is 832 g/mol. The summed E-state index contributed by atoms with van der Waals surface area (Å²) in [6.45, 7) is 9.03. The number of amides is 1. The number of halogens is 2. The maximum Gasteiger partial charge on any atom is 0.678 e. The number of fused-ring (bicyclic) bond motifs is 1. The van der Waals surface area contributed by atoms with Gasteiger partial charge in [0.05, 0.1) is 17.1 Å². The zero-order chi connectivity index (χ0) is 42.5. The fraction of sp³-hybridized carbons (Fsp3) is 0.333. The van der Waals surface area contributed by atoms with Gasteiger partial charge in [0.15, 0.2) is 6.61 Å². The predicted octanol–water partition coefficient (Wildman–Crippen LogP) is 10.6. The summed E-state index contributed by atoms with van der Waals surface area (Å²) in [6.07, 6.45) is 14.6. The van der Waals surface area contributed by atoms with E-state index in [9.17, 15) is 18.5 Å². The van der Waals surface area contributed by atoms with Crippen molar-refractivity contribution in [2.75, 3.05) is 19.8 Å². The molecule has 1 atom stereocenters. The standard InChI is InChI=1S/C48H55BF2N4O4S/c1-47(2,52-32-40(56)33-59-44-16-11-14-36-13-7-8-15-42(36)44)28-9-5-6-10-29-48(3,4)54-46(57)34-58-41-25-19-35(20-26-41)18-21-37-22-23-38(53-37)31-39-24-27-43(55(39)49(50)51)45-17-12-30-60-45/h7-8,11-27,30-31,40,52,56H,5-6,9-10,28-29,32-34H2,1-4H3,(H,54,57)/b21-18+,38-31-/t40-/m0/s1. The molecule has 3 N–H and O–H groups in total. The van der Waals surface area contributed by atoms with Crippen LogP contribution in [0.1, 0.15) is 77.5 Å². The zero-order valence-electron chi connectivity index (χ0n) is 34.9. The smallest absolute Gasteiger partial charge is 0.490 e. The normalized spacial score (nSPS) is 14.2. The minimum absolute atomic E-state index is 0.0782. The lowest BCUT2D eigenvalue weighted by Gasteiger charge is -2.28. The zero-order valence-corrected chi connectivity index (χ0v) is 35.7. The Morgan fingerprint density at radius 1 is 0.867 bits per heavy atom. The maximum absolute atomic E-state index is 14.0. The summed E-state index contributed by atoms with van der Waals surface area (Å²) >= 11 is 1.42. The van der Waals surface area contributed by atoms with Crippen molar-refractivity contribution in [2.24, 2.45) is 4.99 Å². The average Bonchev–Trinajstić information content (AvgIpc) is 4.02. The molecule has 3 heterocycles. The highest BCUT2D eigenvalue weighted by Crippen LogP contribution is 2.30. The van der Waals surface area contributed by atoms with Crippen LogP contribution in [0.4, 0.5) is 8.63 Å². The summed E-state index contributed by atoms with van der Waals surface area (Å²) in [5.74, 6) is 1.21. The molecule has 1 aliphatic rings. The lowest BCUT2D eigenvalue weighted by Crippen LogP contribution is -2.45. The Morgan fingerprint density at radius 3 is 2.37 bits per heavy atom. The van der Waals surface area contributed by atoms with Gasteiger partial charge in [-0.25, -0.2) is 4.99 Å². The second-order valence-electron chi connectivity index (χ2n) is 16.5. The Hall–Kier alpha value is -5.30. The van der Waals surface area contributed by atoms with Gasteiger partial charge in [-0.1, -0.05) is 86.4 Å². The van der Waals surface area contributed by atoms with Crippen molar-refractivity contribution >= 4 is 53.3 Å². The predicted molar refractivity (Wildman–Crippen MR) is 244 cm³/mol. The molecule has 0 aliphatic carbocycles. The fourth-order valence-electron chi connectivity index (χ4n) is 7.16. The minimum Gasteiger partial charge on any atom is -0.490 e. The van der Waals surface area contributed by atoms with Crippen LogP contribution in [0.25, 0.3) is 33.5 Å². The van der Waals surface area contributed by atoms with E-state index in [1.54, 1.807) is 24.3 Å². The van der Waals surface area contributed by atoms with Gasteiger partial charge in [0, 0.05) is 33.6 Å². The highest BCUT2D eigenvalue weighted by Gasteiger charge is 2.25. The van der Waals surface area contributed by atoms with E-state index in [0.717, 1.165) is 70.0 Å². The number of allylic oxidation sites excluding steroid dienone is 3. The van der Waals surface area contributed by atoms with Crippen molar-refractivity contribution in [2.45, 2.75) is 83.4 Å². The summed E-state index contributed by atoms with van der Waals surface area (Å²) in [7, 11) is -2.67. The van der Waals surface area contributed by atoms with Crippen molar-refractivity contribution < 1.29 is 28.0 Å². The van der Waals surface area contributed by atoms with Crippen LogP contribution in [0.5, 0.6) is 11.5 Å². The van der Waals surface area contributed by atoms with Crippen LogP contribution in [0.15, 0.2) is 125 Å². The van der Waals surface area contributed by atoms with Gasteiger partial charge >= 0.3 is 7.40 Å². The number of ether oxygens (including phenoxy) is 2. The third kappa shape index (κ3) is 13.1. The molecule has 6 rings (SSSR count). The van der Waals surface area contributed by atoms with E-state index in [1.165, 1.54) is 11.3 Å². The van der Waals surface area contributed by atoms with Crippen molar-refractivity contribution in [1.29, 1.82) is 0 Å². The van der Waals surface area contributed by atoms with Crippen LogP contribution in [0.3, 0.4) is 0 Å². The largest absolute Gasteiger partial charge is 0.678 e. The number of carbonyl (C=O) groups is 1. The number of nitrogens with one attached hydrogen (secondary N) is 2. The Bertz CT molecular complexity index is 2290. The lowest BCUT2D eigenvalue weighted by molar-refractivity contribution is -0.124. The quantitative estimate of drug-likeness (QED) is 0.0477. The van der Waals surface area contributed by atoms with E-state index in [4.69, 9.17) is 9.47 Å². The molecule has 8 nitrogen and oxygen atoms in total. The number of aliphatic hydroxyl groups is 1. The molecule has 0 saturated carbocycles. The van der Waals surface area contributed by atoms with E-state index >= 15 is 0 Å². The molecule has 314 valence electrons. The van der Waals surface area contributed by atoms with Gasteiger partial charge in [-0.3, -0.25) is 13.4 Å². The number of aliphatic imine (C=N–C) groups is 1. The van der Waals surface area contributed by atoms with Crippen LogP contribution < -0.4 is 20.1 Å². The van der Waals surface area contributed by atoms with Gasteiger partial charge in [0.1, 0.15) is 24.2 Å². The van der Waals surface area contributed by atoms with E-state index in [-0.39, 0.29) is 30.2 Å². The van der Waals surface area contributed by atoms with Crippen molar-refractivity contribution in [3.8, 4) is 22.1 Å². The number of unbranched alkanes of at least 4 members (excludes halogenated alkanes) is 3. The summed E-state index contributed by atoms with van der Waals surface area (Å²) < 4.78 is 40.7. The molecule has 2 aromatic heterocycles. The Morgan fingerprint density at radius 2 is 1.62 bits per heavy atom. The number of aromatic nitrogens is 1. The molecule has 60 heavy (non-hydrogen) atoms. The Labute approximate surface area is 356 Å². The van der Waals surface area contributed by atoms with E-state index < -0.39 is 13.5 Å². The molecule has 0 bridgehead atoms. The van der Waals surface area contributed by atoms with E-state index in [1.807, 2.05) is 104 Å². The number of benzene rings is 3. The first kappa shape index (κ1) is 44.3. The molecule has 12 heteroatoms. The van der Waals surface area contributed by atoms with Gasteiger partial charge < -0.3 is 29.7 Å². The summed E-state index contributed by atoms with van der Waals surface area (Å²) in [6, 6.07) is 28.5. The van der Waals surface area contributed by atoms with Crippen LogP contribution in [-0.2, 0) is 4.79 Å². The van der Waals surface area contributed by atoms with E-state index in [0.29, 0.717) is 35.1 Å². The van der Waals surface area contributed by atoms with Crippen LogP contribution in [0, 0.1) is 0 Å². The van der Waals surface area contributed by atoms with Gasteiger partial charge in [0.2, 0.25) is 0 Å². The molecule has 1 amide bonds. The molecule has 0 fully saturated rings. The number of carbonyl (C=O) groups excluding carboxylic acids is 1. The maximum atomic E-state index is 14.0. The van der Waals surface area contributed by atoms with Gasteiger partial charge in [-0.15, -0.1) is 11.3 Å². The molecule has 1 aliphatic heterocycles. The number of nitrogens with zero attached hydrogens (tertiary/aromatic N) is 2. The second kappa shape index (κ2) is 20.8. The number of thiophene rings is 1. The number of β-amino-alcohol motifs (C(OH)–C–C–N with tert-alkyl or cyclic N) is 1. The molecule has 0 unspecified atom stereocenters. The van der Waals surface area contributed by atoms with Gasteiger partial charge in [0.25, 0.3) is 5.91 Å². The van der Waals surface area contributed by atoms with Crippen LogP contribution in [-0.4, -0.2) is 65.5 Å². The molecule has 0 saturated heterocycles. The summed E-state index contributed by atoms with van der Waals surface area (Å²) in [5.41, 5.74) is 2.63. The van der Waals surface area contributed by atoms with Gasteiger partial charge in [-0.05, 0) is 118 Å². The third-order valence-electron chi connectivity index (χ3n) is 10.4. The highest BCUT2D eigenvalue weighted by atomic mass is 32.1. The highest BCUT2D eigenvalue weighted by molar-refractivity contribution is 7.13. The van der Waals surface area contributed by atoms with Crippen molar-refractivity contribution in [3.05, 3.63) is 132 Å². The minimum atomic E-state index is -2.67. The number of hydrogen-bond donors (Lipinski definition) is 3. The number of hydrogen-bond acceptors (Lipinski definition) is 7. The number of rotatable bonds is 22. The first-order valence-electron chi connectivity index (χ1n) is 20.6. The van der Waals surface area contributed by atoms with Crippen molar-refractivity contribution in [1.82, 2.24) is 15.1 Å². The topological polar surface area (TPSA) is 97.1 Å². The molecule has 5 aromatic rings. The Kier molecular flexibility index (Phi) is 15.3. The van der Waals surface area contributed by atoms with Crippen LogP contribution in [0.2, 0.25) is 0 Å². The van der Waals surface area contributed by atoms with Crippen LogP contribution >= 0.6 is 11.3 Å². The first-order chi connectivity index (χ1) is 28.8. The van der Waals surface area contributed by atoms with Gasteiger partial charge in [-0.2, -0.15) is 0 Å². The molecule has 0 radical (unpaired) electrons. The first-order valence-corrected chi connectivity index (χ1v) is 21.5. The Balaban J connectivity index is 0.844. The summed E-state index contributed by atoms with van der Waals surface area (Å²) in [4.78, 5) is 18.1. The fourth-order valence-corrected chi connectivity index (χ4v) is 7.91. The molecule has 0 spiro atoms. The number of aliphatic hydroxyl groups excluding tert-OH is 1. The summed E-state index contributed by atoms with van der Waals surface area (Å²) in [5, 5.41) is 21.2. The second-order valence-corrected chi connectivity index (χ2v) is 17.4. The van der Waals surface area contributed by atoms with Crippen molar-refractivity contribution in [3.63, 3.8) is 0 Å². The average molecular weight is 833 g/mol. The SMILES string of the molecule is CC(C)(CCCCCCC(C)(C)NC(=O)COc1ccc(/C=C/C2=NC(=C\c3ccc(-c4cccs4)n3B(F)F)/C=C2)cc1)NC[C@H](O)COc1cccc2ccccc12. The molecular weight excluding hydrogens is 777 g/mol. The van der Waals surface area contributed by atoms with E-state index in [2.05, 4.69) is 41.6 Å². The molecule has 3 aromatic carbocycles.